The molecule has 0 unspecified atom stereocenters. The molecule has 0 atom stereocenters. The van der Waals surface area contributed by atoms with Gasteiger partial charge in [-0.05, 0) is 50.2 Å². The zero-order valence-corrected chi connectivity index (χ0v) is 12.7. The third-order valence-electron chi connectivity index (χ3n) is 4.43. The number of hydrogen-bond donors (Lipinski definition) is 2. The maximum Gasteiger partial charge on any atom is 0.173 e. The third kappa shape index (κ3) is 2.82. The second-order valence-corrected chi connectivity index (χ2v) is 6.08. The standard InChI is InChI=1S/C16H24N4O/c1-2-3-9-20(12-7-8-12)16-13(15(17)19-21)10-11-5-4-6-14(11)18-16/h10,12,21H,2-9H2,1H3,(H2,17,19). The first-order valence-corrected chi connectivity index (χ1v) is 8.02. The van der Waals surface area contributed by atoms with E-state index in [1.54, 1.807) is 0 Å². The normalized spacial score (nSPS) is 17.9. The van der Waals surface area contributed by atoms with Crippen molar-refractivity contribution in [2.75, 3.05) is 11.4 Å². The van der Waals surface area contributed by atoms with Gasteiger partial charge in [0.2, 0.25) is 0 Å². The van der Waals surface area contributed by atoms with Crippen LogP contribution in [0.2, 0.25) is 0 Å². The first-order valence-electron chi connectivity index (χ1n) is 8.02. The lowest BCUT2D eigenvalue weighted by atomic mass is 10.1. The molecule has 1 heterocycles. The van der Waals surface area contributed by atoms with Gasteiger partial charge in [-0.3, -0.25) is 0 Å². The van der Waals surface area contributed by atoms with Crippen molar-refractivity contribution in [2.45, 2.75) is 57.9 Å². The molecule has 0 radical (unpaired) electrons. The van der Waals surface area contributed by atoms with Gasteiger partial charge in [0.1, 0.15) is 5.82 Å². The van der Waals surface area contributed by atoms with Gasteiger partial charge < -0.3 is 15.8 Å². The van der Waals surface area contributed by atoms with E-state index < -0.39 is 0 Å². The summed E-state index contributed by atoms with van der Waals surface area (Å²) in [7, 11) is 0. The van der Waals surface area contributed by atoms with Gasteiger partial charge in [0, 0.05) is 18.3 Å². The molecule has 2 aliphatic rings. The highest BCUT2D eigenvalue weighted by Gasteiger charge is 2.32. The number of nitrogens with zero attached hydrogens (tertiary/aromatic N) is 3. The van der Waals surface area contributed by atoms with Crippen molar-refractivity contribution in [1.29, 1.82) is 0 Å². The molecule has 0 aromatic carbocycles. The monoisotopic (exact) mass is 288 g/mol. The van der Waals surface area contributed by atoms with Gasteiger partial charge >= 0.3 is 0 Å². The molecule has 21 heavy (non-hydrogen) atoms. The topological polar surface area (TPSA) is 74.7 Å². The van der Waals surface area contributed by atoms with Crippen LogP contribution in [-0.2, 0) is 12.8 Å². The Bertz CT molecular complexity index is 551. The first kappa shape index (κ1) is 14.2. The Morgan fingerprint density at radius 2 is 2.29 bits per heavy atom. The van der Waals surface area contributed by atoms with Crippen molar-refractivity contribution in [1.82, 2.24) is 4.98 Å². The molecule has 0 spiro atoms. The van der Waals surface area contributed by atoms with E-state index in [0.717, 1.165) is 50.0 Å². The smallest absolute Gasteiger partial charge is 0.173 e. The van der Waals surface area contributed by atoms with Crippen LogP contribution >= 0.6 is 0 Å². The maximum atomic E-state index is 9.09. The highest BCUT2D eigenvalue weighted by Crippen LogP contribution is 2.35. The van der Waals surface area contributed by atoms with Crippen LogP contribution in [0.3, 0.4) is 0 Å². The molecule has 0 amide bonds. The highest BCUT2D eigenvalue weighted by atomic mass is 16.4. The summed E-state index contributed by atoms with van der Waals surface area (Å²) in [4.78, 5) is 7.26. The van der Waals surface area contributed by atoms with E-state index in [0.29, 0.717) is 6.04 Å². The Kier molecular flexibility index (Phi) is 3.99. The molecule has 5 nitrogen and oxygen atoms in total. The molecule has 1 aromatic heterocycles. The van der Waals surface area contributed by atoms with Gasteiger partial charge in [0.05, 0.1) is 5.56 Å². The van der Waals surface area contributed by atoms with Crippen molar-refractivity contribution in [3.05, 3.63) is 22.9 Å². The van der Waals surface area contributed by atoms with Crippen LogP contribution in [0, 0.1) is 0 Å². The minimum atomic E-state index is 0.175. The maximum absolute atomic E-state index is 9.09. The zero-order valence-electron chi connectivity index (χ0n) is 12.7. The average Bonchev–Trinajstić information content (AvgIpc) is 3.23. The number of rotatable bonds is 6. The van der Waals surface area contributed by atoms with Gasteiger partial charge in [-0.1, -0.05) is 18.5 Å². The van der Waals surface area contributed by atoms with Crippen LogP contribution in [0.5, 0.6) is 0 Å². The summed E-state index contributed by atoms with van der Waals surface area (Å²) in [6.45, 7) is 3.20. The van der Waals surface area contributed by atoms with E-state index in [1.165, 1.54) is 24.1 Å². The van der Waals surface area contributed by atoms with Crippen LogP contribution in [-0.4, -0.2) is 28.6 Å². The summed E-state index contributed by atoms with van der Waals surface area (Å²) in [6.07, 6.45) is 7.99. The Labute approximate surface area is 125 Å². The molecule has 0 aliphatic heterocycles. The van der Waals surface area contributed by atoms with Gasteiger partial charge in [-0.15, -0.1) is 0 Å². The molecule has 1 aromatic rings. The fraction of sp³-hybridized carbons (Fsp3) is 0.625. The second-order valence-electron chi connectivity index (χ2n) is 6.08. The van der Waals surface area contributed by atoms with E-state index in [1.807, 2.05) is 0 Å². The average molecular weight is 288 g/mol. The van der Waals surface area contributed by atoms with Crippen LogP contribution < -0.4 is 10.6 Å². The van der Waals surface area contributed by atoms with Gasteiger partial charge in [0.15, 0.2) is 5.84 Å². The number of nitrogens with two attached hydrogens (primary N) is 1. The number of pyridine rings is 1. The molecular weight excluding hydrogens is 264 g/mol. The van der Waals surface area contributed by atoms with Crippen LogP contribution in [0.15, 0.2) is 11.2 Å². The number of aromatic nitrogens is 1. The summed E-state index contributed by atoms with van der Waals surface area (Å²) < 4.78 is 0. The number of amidine groups is 1. The number of fused-ring (bicyclic) bond motifs is 1. The van der Waals surface area contributed by atoms with Gasteiger partial charge in [0.25, 0.3) is 0 Å². The van der Waals surface area contributed by atoms with Crippen LogP contribution in [0.4, 0.5) is 5.82 Å². The highest BCUT2D eigenvalue weighted by molar-refractivity contribution is 6.01. The van der Waals surface area contributed by atoms with Crippen LogP contribution in [0.25, 0.3) is 0 Å². The molecule has 0 saturated heterocycles. The summed E-state index contributed by atoms with van der Waals surface area (Å²) in [5, 5.41) is 12.3. The molecular formula is C16H24N4O. The third-order valence-corrected chi connectivity index (χ3v) is 4.43. The zero-order chi connectivity index (χ0) is 14.8. The number of hydrogen-bond acceptors (Lipinski definition) is 4. The molecule has 0 bridgehead atoms. The van der Waals surface area contributed by atoms with Crippen molar-refractivity contribution in [2.24, 2.45) is 10.9 Å². The fourth-order valence-corrected chi connectivity index (χ4v) is 3.10. The van der Waals surface area contributed by atoms with Crippen molar-refractivity contribution >= 4 is 11.7 Å². The van der Waals surface area contributed by atoms with Crippen molar-refractivity contribution in [3.8, 4) is 0 Å². The first-order chi connectivity index (χ1) is 10.2. The molecule has 3 N–H and O–H groups in total. The van der Waals surface area contributed by atoms with Crippen molar-refractivity contribution < 1.29 is 5.21 Å². The predicted molar refractivity (Wildman–Crippen MR) is 84.0 cm³/mol. The minimum absolute atomic E-state index is 0.175. The van der Waals surface area contributed by atoms with Gasteiger partial charge in [-0.2, -0.15) is 0 Å². The lowest BCUT2D eigenvalue weighted by Gasteiger charge is -2.26. The van der Waals surface area contributed by atoms with E-state index in [-0.39, 0.29) is 5.84 Å². The molecule has 3 rings (SSSR count). The quantitative estimate of drug-likeness (QED) is 0.365. The lowest BCUT2D eigenvalue weighted by molar-refractivity contribution is 0.318. The molecule has 5 heteroatoms. The molecule has 1 fully saturated rings. The Hall–Kier alpha value is -1.78. The van der Waals surface area contributed by atoms with E-state index in [2.05, 4.69) is 23.0 Å². The van der Waals surface area contributed by atoms with E-state index in [4.69, 9.17) is 15.9 Å². The molecule has 114 valence electrons. The fourth-order valence-electron chi connectivity index (χ4n) is 3.10. The lowest BCUT2D eigenvalue weighted by Crippen LogP contribution is -2.31. The van der Waals surface area contributed by atoms with E-state index >= 15 is 0 Å². The van der Waals surface area contributed by atoms with E-state index in [9.17, 15) is 0 Å². The summed E-state index contributed by atoms with van der Waals surface area (Å²) in [5.41, 5.74) is 9.15. The minimum Gasteiger partial charge on any atom is -0.409 e. The summed E-state index contributed by atoms with van der Waals surface area (Å²) in [6, 6.07) is 2.66. The van der Waals surface area contributed by atoms with Gasteiger partial charge in [-0.25, -0.2) is 4.98 Å². The Morgan fingerprint density at radius 1 is 1.48 bits per heavy atom. The predicted octanol–water partition coefficient (Wildman–Crippen LogP) is 2.43. The summed E-state index contributed by atoms with van der Waals surface area (Å²) >= 11 is 0. The number of oxime groups is 1. The molecule has 2 aliphatic carbocycles. The second kappa shape index (κ2) is 5.92. The number of aryl methyl sites for hydroxylation is 2. The van der Waals surface area contributed by atoms with Crippen LogP contribution in [0.1, 0.15) is 55.8 Å². The molecule has 1 saturated carbocycles. The van der Waals surface area contributed by atoms with Crippen molar-refractivity contribution in [3.63, 3.8) is 0 Å². The number of unbranched alkanes of at least 4 members (excludes halogenated alkanes) is 1. The Morgan fingerprint density at radius 3 is 2.95 bits per heavy atom. The largest absolute Gasteiger partial charge is 0.409 e. The number of anilines is 1. The summed E-state index contributed by atoms with van der Waals surface area (Å²) in [5.74, 6) is 1.09. The Balaban J connectivity index is 2.01. The SMILES string of the molecule is CCCCN(c1nc2c(cc1C(N)=NO)CCC2)C1CC1.